The first-order chi connectivity index (χ1) is 18.2. The number of hydrogen-bond donors (Lipinski definition) is 0. The van der Waals surface area contributed by atoms with Crippen molar-refractivity contribution in [2.75, 3.05) is 11.4 Å². The minimum absolute atomic E-state index is 0.00328. The van der Waals surface area contributed by atoms with Crippen LogP contribution in [-0.2, 0) is 17.9 Å². The molecular formula is C29H33FN4O4. The third-order valence-corrected chi connectivity index (χ3v) is 7.28. The van der Waals surface area contributed by atoms with E-state index in [0.29, 0.717) is 43.1 Å². The number of aryl methyl sites for hydroxylation is 1. The van der Waals surface area contributed by atoms with Crippen molar-refractivity contribution >= 4 is 17.6 Å². The molecule has 3 aromatic rings. The maximum Gasteiger partial charge on any atom is 0.332 e. The zero-order valence-electron chi connectivity index (χ0n) is 22.2. The molecule has 2 aliphatic heterocycles. The van der Waals surface area contributed by atoms with Crippen molar-refractivity contribution in [3.8, 4) is 5.75 Å². The van der Waals surface area contributed by atoms with Gasteiger partial charge in [-0.15, -0.1) is 0 Å². The van der Waals surface area contributed by atoms with Gasteiger partial charge in [-0.25, -0.2) is 9.18 Å². The third-order valence-electron chi connectivity index (χ3n) is 7.28. The maximum absolute atomic E-state index is 14.3. The summed E-state index contributed by atoms with van der Waals surface area (Å²) in [7, 11) is 0. The van der Waals surface area contributed by atoms with Crippen LogP contribution in [0, 0.1) is 12.7 Å². The largest absolute Gasteiger partial charge is 0.491 e. The molecular weight excluding hydrogens is 487 g/mol. The van der Waals surface area contributed by atoms with Crippen molar-refractivity contribution in [3.05, 3.63) is 77.4 Å². The van der Waals surface area contributed by atoms with Gasteiger partial charge in [-0.3, -0.25) is 19.5 Å². The number of carbonyl (C=O) groups excluding carboxylic acids is 2. The van der Waals surface area contributed by atoms with Crippen molar-refractivity contribution in [3.63, 3.8) is 0 Å². The van der Waals surface area contributed by atoms with Crippen LogP contribution in [0.2, 0.25) is 0 Å². The molecule has 0 aliphatic carbocycles. The van der Waals surface area contributed by atoms with E-state index in [0.717, 1.165) is 11.3 Å². The Kier molecular flexibility index (Phi) is 6.96. The molecule has 8 nitrogen and oxygen atoms in total. The standard InChI is InChI=1S/C29H33FN4O4/c1-19(2)37-26-10-5-7-22(14-26)17-32-12-11-29(16-20(32)3)27(35)33(18-24-13-21(4)38-31-24)28(36)34(29)25-9-6-8-23(30)15-25/h5-10,13-15,19-20H,11-12,16-18H2,1-4H3/t20-,29?/m0/s1. The summed E-state index contributed by atoms with van der Waals surface area (Å²) in [6, 6.07) is 15.1. The van der Waals surface area contributed by atoms with Gasteiger partial charge < -0.3 is 9.26 Å². The molecule has 2 fully saturated rings. The first-order valence-corrected chi connectivity index (χ1v) is 13.0. The molecule has 3 heterocycles. The second-order valence-corrected chi connectivity index (χ2v) is 10.5. The predicted octanol–water partition coefficient (Wildman–Crippen LogP) is 5.30. The van der Waals surface area contributed by atoms with Gasteiger partial charge in [-0.05, 0) is 76.4 Å². The number of nitrogens with zero attached hydrogens (tertiary/aromatic N) is 4. The Labute approximate surface area is 221 Å². The Balaban J connectivity index is 1.42. The van der Waals surface area contributed by atoms with Crippen LogP contribution < -0.4 is 9.64 Å². The van der Waals surface area contributed by atoms with Gasteiger partial charge in [0.2, 0.25) is 0 Å². The molecule has 1 aromatic heterocycles. The molecule has 2 atom stereocenters. The zero-order chi connectivity index (χ0) is 27.0. The monoisotopic (exact) mass is 520 g/mol. The molecule has 9 heteroatoms. The Hall–Kier alpha value is -3.72. The third kappa shape index (κ3) is 4.90. The highest BCUT2D eigenvalue weighted by Crippen LogP contribution is 2.43. The second-order valence-electron chi connectivity index (χ2n) is 10.5. The summed E-state index contributed by atoms with van der Waals surface area (Å²) in [4.78, 5) is 32.8. The van der Waals surface area contributed by atoms with Crippen LogP contribution in [0.4, 0.5) is 14.9 Å². The fraction of sp³-hybridized carbons (Fsp3) is 0.414. The number of piperidine rings is 1. The first-order valence-electron chi connectivity index (χ1n) is 13.0. The second kappa shape index (κ2) is 10.2. The van der Waals surface area contributed by atoms with Crippen molar-refractivity contribution in [2.24, 2.45) is 0 Å². The van der Waals surface area contributed by atoms with E-state index in [9.17, 15) is 14.0 Å². The van der Waals surface area contributed by atoms with E-state index in [1.165, 1.54) is 21.9 Å². The lowest BCUT2D eigenvalue weighted by molar-refractivity contribution is -0.133. The number of amides is 3. The number of halogens is 1. The van der Waals surface area contributed by atoms with Crippen LogP contribution in [0.3, 0.4) is 0 Å². The average Bonchev–Trinajstić information content (AvgIpc) is 3.35. The van der Waals surface area contributed by atoms with Gasteiger partial charge in [0.15, 0.2) is 0 Å². The van der Waals surface area contributed by atoms with Gasteiger partial charge >= 0.3 is 6.03 Å². The summed E-state index contributed by atoms with van der Waals surface area (Å²) in [5, 5.41) is 3.97. The van der Waals surface area contributed by atoms with Gasteiger partial charge in [-0.2, -0.15) is 0 Å². The molecule has 2 aliphatic rings. The van der Waals surface area contributed by atoms with Gasteiger partial charge in [0.05, 0.1) is 12.6 Å². The quantitative estimate of drug-likeness (QED) is 0.394. The van der Waals surface area contributed by atoms with Crippen LogP contribution in [0.5, 0.6) is 5.75 Å². The lowest BCUT2D eigenvalue weighted by Gasteiger charge is -2.45. The number of urea groups is 1. The first kappa shape index (κ1) is 25.9. The Morgan fingerprint density at radius 2 is 1.92 bits per heavy atom. The molecule has 0 radical (unpaired) electrons. The Morgan fingerprint density at radius 3 is 2.61 bits per heavy atom. The molecule has 2 saturated heterocycles. The lowest BCUT2D eigenvalue weighted by Crippen LogP contribution is -2.59. The number of rotatable bonds is 7. The summed E-state index contributed by atoms with van der Waals surface area (Å²) in [5.41, 5.74) is 0.878. The normalized spacial score (nSPS) is 22.2. The van der Waals surface area contributed by atoms with Gasteiger partial charge in [0, 0.05) is 30.9 Å². The van der Waals surface area contributed by atoms with E-state index < -0.39 is 17.4 Å². The smallest absolute Gasteiger partial charge is 0.332 e. The minimum atomic E-state index is -1.11. The number of benzene rings is 2. The van der Waals surface area contributed by atoms with Crippen LogP contribution in [-0.4, -0.2) is 51.1 Å². The van der Waals surface area contributed by atoms with Crippen LogP contribution >= 0.6 is 0 Å². The van der Waals surface area contributed by atoms with E-state index in [4.69, 9.17) is 9.26 Å². The Morgan fingerprint density at radius 1 is 1.13 bits per heavy atom. The van der Waals surface area contributed by atoms with Crippen molar-refractivity contribution in [1.29, 1.82) is 0 Å². The number of anilines is 1. The fourth-order valence-electron chi connectivity index (χ4n) is 5.63. The molecule has 2 aromatic carbocycles. The number of aromatic nitrogens is 1. The highest BCUT2D eigenvalue weighted by Gasteiger charge is 2.59. The van der Waals surface area contributed by atoms with Gasteiger partial charge in [-0.1, -0.05) is 23.4 Å². The molecule has 1 spiro atoms. The molecule has 3 amide bonds. The van der Waals surface area contributed by atoms with E-state index in [-0.39, 0.29) is 24.6 Å². The molecule has 0 saturated carbocycles. The topological polar surface area (TPSA) is 79.1 Å². The molecule has 0 bridgehead atoms. The number of carbonyl (C=O) groups is 2. The summed E-state index contributed by atoms with van der Waals surface area (Å²) in [5.74, 6) is 0.676. The molecule has 200 valence electrons. The van der Waals surface area contributed by atoms with E-state index >= 15 is 0 Å². The van der Waals surface area contributed by atoms with E-state index in [1.54, 1.807) is 25.1 Å². The van der Waals surface area contributed by atoms with Gasteiger partial charge in [0.1, 0.15) is 28.6 Å². The Bertz CT molecular complexity index is 1340. The summed E-state index contributed by atoms with van der Waals surface area (Å²) < 4.78 is 25.3. The number of imide groups is 1. The number of likely N-dealkylation sites (tertiary alicyclic amines) is 1. The van der Waals surface area contributed by atoms with Crippen molar-refractivity contribution < 1.29 is 23.2 Å². The zero-order valence-corrected chi connectivity index (χ0v) is 22.2. The molecule has 5 rings (SSSR count). The summed E-state index contributed by atoms with van der Waals surface area (Å²) in [6.45, 7) is 9.11. The van der Waals surface area contributed by atoms with Crippen LogP contribution in [0.1, 0.15) is 50.6 Å². The minimum Gasteiger partial charge on any atom is -0.491 e. The molecule has 0 N–H and O–H groups in total. The highest BCUT2D eigenvalue weighted by molar-refractivity contribution is 6.16. The number of hydrogen-bond acceptors (Lipinski definition) is 6. The SMILES string of the molecule is Cc1cc(CN2C(=O)N(c3cccc(F)c3)C3(CCN(Cc4cccc(OC(C)C)c4)[C@@H](C)C3)C2=O)no1. The van der Waals surface area contributed by atoms with Gasteiger partial charge in [0.25, 0.3) is 5.91 Å². The maximum atomic E-state index is 14.3. The molecule has 38 heavy (non-hydrogen) atoms. The summed E-state index contributed by atoms with van der Waals surface area (Å²) >= 11 is 0. The molecule has 1 unspecified atom stereocenters. The van der Waals surface area contributed by atoms with Crippen molar-refractivity contribution in [2.45, 2.75) is 71.3 Å². The average molecular weight is 521 g/mol. The summed E-state index contributed by atoms with van der Waals surface area (Å²) in [6.07, 6.45) is 0.933. The van der Waals surface area contributed by atoms with Crippen LogP contribution in [0.15, 0.2) is 59.1 Å². The highest BCUT2D eigenvalue weighted by atomic mass is 19.1. The van der Waals surface area contributed by atoms with E-state index in [1.807, 2.05) is 32.0 Å². The van der Waals surface area contributed by atoms with E-state index in [2.05, 4.69) is 23.0 Å². The lowest BCUT2D eigenvalue weighted by atomic mass is 9.81. The van der Waals surface area contributed by atoms with Crippen LogP contribution in [0.25, 0.3) is 0 Å². The fourth-order valence-corrected chi connectivity index (χ4v) is 5.63. The number of ether oxygens (including phenoxy) is 1. The predicted molar refractivity (Wildman–Crippen MR) is 140 cm³/mol. The van der Waals surface area contributed by atoms with Crippen molar-refractivity contribution in [1.82, 2.24) is 15.0 Å².